The number of nitrogens with one attached hydrogen (secondary N) is 1. The highest BCUT2D eigenvalue weighted by Crippen LogP contribution is 2.22. The third-order valence-electron chi connectivity index (χ3n) is 3.54. The molecule has 1 amide bonds. The van der Waals surface area contributed by atoms with Gasteiger partial charge < -0.3 is 10.1 Å². The number of rotatable bonds is 6. The van der Waals surface area contributed by atoms with E-state index < -0.39 is 32.9 Å². The molecule has 11 heteroatoms. The number of nitrogens with two attached hydrogens (primary N) is 1. The van der Waals surface area contributed by atoms with Crippen LogP contribution in [0.1, 0.15) is 37.2 Å². The molecule has 2 aromatic rings. The summed E-state index contributed by atoms with van der Waals surface area (Å²) in [6.45, 7) is 5.19. The van der Waals surface area contributed by atoms with Crippen LogP contribution in [0.3, 0.4) is 0 Å². The number of halogens is 1. The summed E-state index contributed by atoms with van der Waals surface area (Å²) in [6.07, 6.45) is 0.399. The van der Waals surface area contributed by atoms with Gasteiger partial charge in [0.2, 0.25) is 10.0 Å². The zero-order valence-corrected chi connectivity index (χ0v) is 16.4. The molecule has 1 aromatic carbocycles. The predicted molar refractivity (Wildman–Crippen MR) is 98.9 cm³/mol. The highest BCUT2D eigenvalue weighted by atomic mass is 35.5. The maximum Gasteiger partial charge on any atom is 0.338 e. The van der Waals surface area contributed by atoms with Crippen LogP contribution >= 0.6 is 11.6 Å². The van der Waals surface area contributed by atoms with Crippen LogP contribution in [-0.4, -0.2) is 36.2 Å². The Morgan fingerprint density at radius 3 is 2.52 bits per heavy atom. The smallest absolute Gasteiger partial charge is 0.338 e. The van der Waals surface area contributed by atoms with Gasteiger partial charge >= 0.3 is 5.97 Å². The first kappa shape index (κ1) is 20.9. The monoisotopic (exact) mass is 414 g/mol. The van der Waals surface area contributed by atoms with Gasteiger partial charge in [-0.05, 0) is 39.0 Å². The van der Waals surface area contributed by atoms with Gasteiger partial charge in [-0.2, -0.15) is 5.10 Å². The van der Waals surface area contributed by atoms with E-state index in [1.54, 1.807) is 10.7 Å². The van der Waals surface area contributed by atoms with Gasteiger partial charge in [0.1, 0.15) is 10.7 Å². The lowest BCUT2D eigenvalue weighted by molar-refractivity contribution is -0.123. The fourth-order valence-electron chi connectivity index (χ4n) is 2.18. The van der Waals surface area contributed by atoms with Crippen LogP contribution in [0.15, 0.2) is 35.4 Å². The van der Waals surface area contributed by atoms with Gasteiger partial charge in [-0.15, -0.1) is 0 Å². The zero-order valence-electron chi connectivity index (χ0n) is 14.8. The summed E-state index contributed by atoms with van der Waals surface area (Å²) in [5.41, 5.74) is -0.102. The number of amides is 1. The highest BCUT2D eigenvalue weighted by molar-refractivity contribution is 7.89. The second-order valence-corrected chi connectivity index (χ2v) is 7.92. The molecule has 9 nitrogen and oxygen atoms in total. The molecule has 0 fully saturated rings. The number of ether oxygens (including phenoxy) is 1. The minimum absolute atomic E-state index is 0.0267. The fraction of sp³-hybridized carbons (Fsp3) is 0.312. The molecule has 3 N–H and O–H groups in total. The first-order valence-electron chi connectivity index (χ1n) is 7.88. The lowest BCUT2D eigenvalue weighted by Crippen LogP contribution is -2.31. The van der Waals surface area contributed by atoms with Crippen molar-refractivity contribution in [3.63, 3.8) is 0 Å². The maximum atomic E-state index is 12.3. The van der Waals surface area contributed by atoms with Gasteiger partial charge in [0, 0.05) is 12.1 Å². The Kier molecular flexibility index (Phi) is 6.24. The van der Waals surface area contributed by atoms with E-state index in [0.29, 0.717) is 5.82 Å². The van der Waals surface area contributed by atoms with Gasteiger partial charge in [-0.1, -0.05) is 11.6 Å². The van der Waals surface area contributed by atoms with Crippen molar-refractivity contribution in [2.45, 2.75) is 37.8 Å². The number of nitrogens with zero attached hydrogens (tertiary/aromatic N) is 2. The van der Waals surface area contributed by atoms with Crippen molar-refractivity contribution in [1.82, 2.24) is 9.78 Å². The normalized spacial score (nSPS) is 12.7. The van der Waals surface area contributed by atoms with Gasteiger partial charge in [-0.3, -0.25) is 4.79 Å². The molecule has 0 saturated heterocycles. The zero-order chi connectivity index (χ0) is 20.4. The molecule has 0 unspecified atom stereocenters. The number of hydrogen-bond acceptors (Lipinski definition) is 6. The van der Waals surface area contributed by atoms with E-state index in [0.717, 1.165) is 6.07 Å². The van der Waals surface area contributed by atoms with E-state index in [9.17, 15) is 18.0 Å². The third kappa shape index (κ3) is 5.06. The summed E-state index contributed by atoms with van der Waals surface area (Å²) in [7, 11) is -4.11. The van der Waals surface area contributed by atoms with Crippen LogP contribution in [0.25, 0.3) is 0 Å². The molecule has 1 atom stereocenters. The predicted octanol–water partition coefficient (Wildman–Crippen LogP) is 1.95. The number of primary sulfonamides is 1. The Morgan fingerprint density at radius 2 is 1.93 bits per heavy atom. The van der Waals surface area contributed by atoms with E-state index >= 15 is 0 Å². The SMILES string of the molecule is CC(C)n1nccc1NC(=O)[C@H](C)OC(=O)c1ccc(Cl)c(S(N)(=O)=O)c1. The van der Waals surface area contributed by atoms with Crippen LogP contribution in [0.5, 0.6) is 0 Å². The molecule has 146 valence electrons. The number of benzene rings is 1. The summed E-state index contributed by atoms with van der Waals surface area (Å²) in [4.78, 5) is 24.1. The number of carbonyl (C=O) groups excluding carboxylic acids is 2. The van der Waals surface area contributed by atoms with Crippen molar-refractivity contribution in [3.8, 4) is 0 Å². The lowest BCUT2D eigenvalue weighted by atomic mass is 10.2. The summed E-state index contributed by atoms with van der Waals surface area (Å²) < 4.78 is 29.7. The maximum absolute atomic E-state index is 12.3. The fourth-order valence-corrected chi connectivity index (χ4v) is 3.25. The quantitative estimate of drug-likeness (QED) is 0.694. The van der Waals surface area contributed by atoms with E-state index in [1.807, 2.05) is 13.8 Å². The van der Waals surface area contributed by atoms with Crippen molar-refractivity contribution in [3.05, 3.63) is 41.0 Å². The Labute approximate surface area is 161 Å². The number of carbonyl (C=O) groups is 2. The largest absolute Gasteiger partial charge is 0.449 e. The Balaban J connectivity index is 2.11. The van der Waals surface area contributed by atoms with Crippen molar-refractivity contribution in [1.29, 1.82) is 0 Å². The average molecular weight is 415 g/mol. The number of sulfonamides is 1. The van der Waals surface area contributed by atoms with E-state index in [4.69, 9.17) is 21.5 Å². The molecule has 1 heterocycles. The molecule has 0 radical (unpaired) electrons. The molecule has 0 spiro atoms. The molecule has 27 heavy (non-hydrogen) atoms. The minimum atomic E-state index is -4.11. The Bertz CT molecular complexity index is 971. The van der Waals surface area contributed by atoms with Gasteiger partial charge in [0.05, 0.1) is 16.8 Å². The first-order chi connectivity index (χ1) is 12.5. The van der Waals surface area contributed by atoms with Crippen LogP contribution in [0.2, 0.25) is 5.02 Å². The van der Waals surface area contributed by atoms with Crippen LogP contribution in [0.4, 0.5) is 5.82 Å². The number of aromatic nitrogens is 2. The molecule has 0 aliphatic carbocycles. The Hall–Kier alpha value is -2.43. The summed E-state index contributed by atoms with van der Waals surface area (Å²) in [5, 5.41) is 11.6. The minimum Gasteiger partial charge on any atom is -0.449 e. The molecular weight excluding hydrogens is 396 g/mol. The molecule has 0 bridgehead atoms. The molecule has 2 rings (SSSR count). The second kappa shape index (κ2) is 8.07. The topological polar surface area (TPSA) is 133 Å². The van der Waals surface area contributed by atoms with Crippen LogP contribution in [0, 0.1) is 0 Å². The summed E-state index contributed by atoms with van der Waals surface area (Å²) in [6, 6.07) is 5.13. The van der Waals surface area contributed by atoms with Crippen molar-refractivity contribution in [2.24, 2.45) is 5.14 Å². The number of esters is 1. The van der Waals surface area contributed by atoms with Crippen LogP contribution < -0.4 is 10.5 Å². The standard InChI is InChI=1S/C16H19ClN4O5S/c1-9(2)21-14(6-7-19-21)20-15(22)10(3)26-16(23)11-4-5-12(17)13(8-11)27(18,24)25/h4-10H,1-3H3,(H,20,22)(H2,18,24,25)/t10-/m0/s1. The number of anilines is 1. The average Bonchev–Trinajstić information content (AvgIpc) is 3.02. The molecule has 0 aliphatic heterocycles. The molecule has 1 aromatic heterocycles. The van der Waals surface area contributed by atoms with E-state index in [-0.39, 0.29) is 16.6 Å². The molecule has 0 aliphatic rings. The molecule has 0 saturated carbocycles. The Morgan fingerprint density at radius 1 is 1.26 bits per heavy atom. The van der Waals surface area contributed by atoms with Gasteiger partial charge in [0.15, 0.2) is 6.10 Å². The van der Waals surface area contributed by atoms with E-state index in [1.165, 1.54) is 25.3 Å². The summed E-state index contributed by atoms with van der Waals surface area (Å²) in [5.74, 6) is -0.996. The third-order valence-corrected chi connectivity index (χ3v) is 4.93. The summed E-state index contributed by atoms with van der Waals surface area (Å²) >= 11 is 5.78. The van der Waals surface area contributed by atoms with Crippen molar-refractivity contribution in [2.75, 3.05) is 5.32 Å². The van der Waals surface area contributed by atoms with Gasteiger partial charge in [-0.25, -0.2) is 23.0 Å². The lowest BCUT2D eigenvalue weighted by Gasteiger charge is -2.16. The van der Waals surface area contributed by atoms with E-state index in [2.05, 4.69) is 10.4 Å². The highest BCUT2D eigenvalue weighted by Gasteiger charge is 2.22. The second-order valence-electron chi connectivity index (χ2n) is 5.98. The van der Waals surface area contributed by atoms with Crippen molar-refractivity contribution < 1.29 is 22.7 Å². The van der Waals surface area contributed by atoms with Gasteiger partial charge in [0.25, 0.3) is 5.91 Å². The molecular formula is C16H19ClN4O5S. The van der Waals surface area contributed by atoms with Crippen LogP contribution in [-0.2, 0) is 19.6 Å². The first-order valence-corrected chi connectivity index (χ1v) is 9.81. The van der Waals surface area contributed by atoms with Crippen molar-refractivity contribution >= 4 is 39.3 Å². The number of hydrogen-bond donors (Lipinski definition) is 2.